The molecule has 0 radical (unpaired) electrons. The van der Waals surface area contributed by atoms with E-state index in [1.807, 2.05) is 30.3 Å². The van der Waals surface area contributed by atoms with Crippen molar-refractivity contribution >= 4 is 28.2 Å². The summed E-state index contributed by atoms with van der Waals surface area (Å²) in [5, 5.41) is 6.47. The lowest BCUT2D eigenvalue weighted by Gasteiger charge is -2.06. The van der Waals surface area contributed by atoms with Crippen molar-refractivity contribution in [3.63, 3.8) is 0 Å². The second kappa shape index (κ2) is 9.56. The number of fused-ring (bicyclic) bond motifs is 1. The number of carbonyl (C=O) groups excluding carboxylic acids is 1. The van der Waals surface area contributed by atoms with Crippen LogP contribution >= 0.6 is 11.3 Å². The van der Waals surface area contributed by atoms with E-state index in [0.29, 0.717) is 5.13 Å². The van der Waals surface area contributed by atoms with Gasteiger partial charge in [-0.15, -0.1) is 11.3 Å². The first-order valence-corrected chi connectivity index (χ1v) is 10.2. The van der Waals surface area contributed by atoms with Gasteiger partial charge in [0.25, 0.3) is 0 Å². The molecule has 2 N–H and O–H groups in total. The number of urea groups is 1. The number of hydrogen-bond acceptors (Lipinski definition) is 3. The number of carbonyl (C=O) groups is 1. The van der Waals surface area contributed by atoms with Gasteiger partial charge in [0.15, 0.2) is 5.13 Å². The Morgan fingerprint density at radius 2 is 1.48 bits per heavy atom. The number of nitrogens with one attached hydrogen (secondary N) is 2. The van der Waals surface area contributed by atoms with Crippen LogP contribution in [0.5, 0.6) is 0 Å². The highest BCUT2D eigenvalue weighted by atomic mass is 32.1. The predicted octanol–water partition coefficient (Wildman–Crippen LogP) is 6.01. The summed E-state index contributed by atoms with van der Waals surface area (Å²) in [6.07, 6.45) is 12.6. The lowest BCUT2D eigenvalue weighted by molar-refractivity contribution is 0.262. The molecule has 1 aliphatic carbocycles. The summed E-state index contributed by atoms with van der Waals surface area (Å²) in [5.74, 6) is 0. The number of anilines is 2. The molecule has 0 fully saturated rings. The maximum atomic E-state index is 12.2. The van der Waals surface area contributed by atoms with Crippen LogP contribution in [-0.4, -0.2) is 11.0 Å². The number of para-hydroxylation sites is 1. The van der Waals surface area contributed by atoms with Crippen molar-refractivity contribution in [1.82, 2.24) is 4.98 Å². The summed E-state index contributed by atoms with van der Waals surface area (Å²) < 4.78 is 0. The lowest BCUT2D eigenvalue weighted by Crippen LogP contribution is -2.19. The van der Waals surface area contributed by atoms with Crippen LogP contribution in [0.4, 0.5) is 15.6 Å². The van der Waals surface area contributed by atoms with Crippen LogP contribution in [0.15, 0.2) is 30.3 Å². The highest BCUT2D eigenvalue weighted by molar-refractivity contribution is 7.15. The summed E-state index contributed by atoms with van der Waals surface area (Å²) in [6.45, 7) is 0. The summed E-state index contributed by atoms with van der Waals surface area (Å²) in [6, 6.07) is 9.26. The summed E-state index contributed by atoms with van der Waals surface area (Å²) >= 11 is 1.64. The van der Waals surface area contributed by atoms with Gasteiger partial charge in [0.1, 0.15) is 0 Å². The Bertz CT molecular complexity index is 639. The second-order valence-corrected chi connectivity index (χ2v) is 7.75. The SMILES string of the molecule is O=C(Nc1ccccc1)Nc1nc2c(s1)CCCCCCCCCC2. The fourth-order valence-corrected chi connectivity index (χ4v) is 4.29. The topological polar surface area (TPSA) is 54.0 Å². The molecule has 1 aromatic heterocycles. The van der Waals surface area contributed by atoms with E-state index in [4.69, 9.17) is 4.98 Å². The Kier molecular flexibility index (Phi) is 6.86. The lowest BCUT2D eigenvalue weighted by atomic mass is 10.0. The molecule has 0 spiro atoms. The molecule has 5 heteroatoms. The maximum absolute atomic E-state index is 12.2. The van der Waals surface area contributed by atoms with Crippen LogP contribution in [0.1, 0.15) is 61.9 Å². The number of nitrogens with zero attached hydrogens (tertiary/aromatic N) is 1. The van der Waals surface area contributed by atoms with Crippen LogP contribution in [0.25, 0.3) is 0 Å². The molecule has 0 unspecified atom stereocenters. The van der Waals surface area contributed by atoms with Gasteiger partial charge in [0.05, 0.1) is 5.69 Å². The number of hydrogen-bond donors (Lipinski definition) is 2. The quantitative estimate of drug-likeness (QED) is 0.692. The van der Waals surface area contributed by atoms with Crippen molar-refractivity contribution in [3.05, 3.63) is 40.9 Å². The molecular formula is C20H27N3OS. The van der Waals surface area contributed by atoms with Gasteiger partial charge in [0.2, 0.25) is 0 Å². The molecule has 0 saturated heterocycles. The number of benzene rings is 1. The van der Waals surface area contributed by atoms with Gasteiger partial charge in [-0.2, -0.15) is 0 Å². The Morgan fingerprint density at radius 1 is 0.840 bits per heavy atom. The van der Waals surface area contributed by atoms with Crippen molar-refractivity contribution in [1.29, 1.82) is 0 Å². The van der Waals surface area contributed by atoms with E-state index >= 15 is 0 Å². The Labute approximate surface area is 154 Å². The predicted molar refractivity (Wildman–Crippen MR) is 106 cm³/mol. The average Bonchev–Trinajstić information content (AvgIpc) is 2.97. The van der Waals surface area contributed by atoms with E-state index in [1.54, 1.807) is 11.3 Å². The van der Waals surface area contributed by atoms with Crippen molar-refractivity contribution in [2.24, 2.45) is 0 Å². The zero-order valence-corrected chi connectivity index (χ0v) is 15.5. The molecule has 25 heavy (non-hydrogen) atoms. The minimum atomic E-state index is -0.226. The largest absolute Gasteiger partial charge is 0.325 e. The van der Waals surface area contributed by atoms with E-state index in [9.17, 15) is 4.79 Å². The van der Waals surface area contributed by atoms with Gasteiger partial charge in [-0.25, -0.2) is 9.78 Å². The molecule has 2 aromatic rings. The summed E-state index contributed by atoms with van der Waals surface area (Å²) in [4.78, 5) is 18.2. The molecule has 0 bridgehead atoms. The third-order valence-electron chi connectivity index (χ3n) is 4.60. The first-order chi connectivity index (χ1) is 12.3. The molecule has 1 aliphatic rings. The molecule has 2 amide bonds. The Morgan fingerprint density at radius 3 is 2.20 bits per heavy atom. The highest BCUT2D eigenvalue weighted by Crippen LogP contribution is 2.27. The van der Waals surface area contributed by atoms with E-state index in [0.717, 1.165) is 18.5 Å². The fraction of sp³-hybridized carbons (Fsp3) is 0.500. The van der Waals surface area contributed by atoms with Gasteiger partial charge in [-0.1, -0.05) is 56.7 Å². The van der Waals surface area contributed by atoms with E-state index in [-0.39, 0.29) is 6.03 Å². The first kappa shape index (κ1) is 17.9. The van der Waals surface area contributed by atoms with Gasteiger partial charge in [0, 0.05) is 10.6 Å². The first-order valence-electron chi connectivity index (χ1n) is 9.43. The number of amides is 2. The van der Waals surface area contributed by atoms with Gasteiger partial charge < -0.3 is 5.32 Å². The number of aromatic nitrogens is 1. The maximum Gasteiger partial charge on any atom is 0.325 e. The molecule has 0 aliphatic heterocycles. The Hall–Kier alpha value is -1.88. The fourth-order valence-electron chi connectivity index (χ4n) is 3.25. The van der Waals surface area contributed by atoms with Gasteiger partial charge in [-0.05, 0) is 37.8 Å². The third kappa shape index (κ3) is 5.85. The zero-order chi connectivity index (χ0) is 17.3. The van der Waals surface area contributed by atoms with Gasteiger partial charge >= 0.3 is 6.03 Å². The van der Waals surface area contributed by atoms with Crippen LogP contribution in [0.3, 0.4) is 0 Å². The molecule has 3 rings (SSSR count). The number of thiazole rings is 1. The third-order valence-corrected chi connectivity index (χ3v) is 5.67. The normalized spacial score (nSPS) is 16.2. The highest BCUT2D eigenvalue weighted by Gasteiger charge is 2.13. The summed E-state index contributed by atoms with van der Waals surface area (Å²) in [5.41, 5.74) is 1.98. The number of rotatable bonds is 2. The minimum absolute atomic E-state index is 0.226. The summed E-state index contributed by atoms with van der Waals surface area (Å²) in [7, 11) is 0. The van der Waals surface area contributed by atoms with E-state index < -0.39 is 0 Å². The van der Waals surface area contributed by atoms with Crippen LogP contribution < -0.4 is 10.6 Å². The Balaban J connectivity index is 1.62. The van der Waals surface area contributed by atoms with Crippen LogP contribution in [0.2, 0.25) is 0 Å². The molecule has 4 nitrogen and oxygen atoms in total. The molecule has 0 atom stereocenters. The van der Waals surface area contributed by atoms with Crippen molar-refractivity contribution in [2.45, 2.75) is 64.2 Å². The number of aryl methyl sites for hydroxylation is 2. The van der Waals surface area contributed by atoms with E-state index in [2.05, 4.69) is 10.6 Å². The van der Waals surface area contributed by atoms with Crippen molar-refractivity contribution in [3.8, 4) is 0 Å². The van der Waals surface area contributed by atoms with Crippen LogP contribution in [0, 0.1) is 0 Å². The van der Waals surface area contributed by atoms with Crippen LogP contribution in [-0.2, 0) is 12.8 Å². The monoisotopic (exact) mass is 357 g/mol. The minimum Gasteiger partial charge on any atom is -0.308 e. The molecular weight excluding hydrogens is 330 g/mol. The molecule has 0 saturated carbocycles. The van der Waals surface area contributed by atoms with E-state index in [1.165, 1.54) is 61.9 Å². The smallest absolute Gasteiger partial charge is 0.308 e. The van der Waals surface area contributed by atoms with Gasteiger partial charge in [-0.3, -0.25) is 5.32 Å². The van der Waals surface area contributed by atoms with Crippen molar-refractivity contribution in [2.75, 3.05) is 10.6 Å². The van der Waals surface area contributed by atoms with Crippen molar-refractivity contribution < 1.29 is 4.79 Å². The molecule has 1 aromatic carbocycles. The average molecular weight is 358 g/mol. The molecule has 134 valence electrons. The zero-order valence-electron chi connectivity index (χ0n) is 14.7. The molecule has 1 heterocycles. The second-order valence-electron chi connectivity index (χ2n) is 6.66. The standard InChI is InChI=1S/C20H27N3OS/c24-19(21-16-12-8-7-9-13-16)23-20-22-17-14-10-5-3-1-2-4-6-11-15-18(17)25-20/h7-9,12-13H,1-6,10-11,14-15H2,(H2,21,22,23,24).